The molecule has 0 aliphatic rings. The summed E-state index contributed by atoms with van der Waals surface area (Å²) in [5, 5.41) is 21.8. The van der Waals surface area contributed by atoms with Crippen LogP contribution in [0.1, 0.15) is 5.56 Å². The van der Waals surface area contributed by atoms with Crippen LogP contribution in [0.3, 0.4) is 0 Å². The van der Waals surface area contributed by atoms with E-state index in [0.29, 0.717) is 0 Å². The first-order valence-electron chi connectivity index (χ1n) is 4.63. The van der Waals surface area contributed by atoms with Crippen molar-refractivity contribution in [1.82, 2.24) is 0 Å². The van der Waals surface area contributed by atoms with Crippen LogP contribution in [0, 0.1) is 10.1 Å². The van der Waals surface area contributed by atoms with E-state index in [0.717, 1.165) is 12.1 Å². The average Bonchev–Trinajstić information content (AvgIpc) is 2.34. The van der Waals surface area contributed by atoms with Crippen LogP contribution in [-0.4, -0.2) is 29.0 Å². The Kier molecular flexibility index (Phi) is 4.35. The molecule has 0 fully saturated rings. The number of rotatable bonds is 5. The fraction of sp³-hybridized carbons (Fsp3) is 0.222. The summed E-state index contributed by atoms with van der Waals surface area (Å²) in [5.41, 5.74) is 4.79. The highest BCUT2D eigenvalue weighted by molar-refractivity contribution is 5.97. The lowest BCUT2D eigenvalue weighted by Crippen LogP contribution is -2.14. The normalized spacial score (nSPS) is 11.6. The zero-order valence-electron chi connectivity index (χ0n) is 8.92. The van der Waals surface area contributed by atoms with Crippen molar-refractivity contribution >= 4 is 11.5 Å². The lowest BCUT2D eigenvalue weighted by molar-refractivity contribution is -0.386. The Morgan fingerprint density at radius 2 is 2.28 bits per heavy atom. The minimum absolute atomic E-state index is 0.0774. The average molecular weight is 261 g/mol. The fourth-order valence-corrected chi connectivity index (χ4v) is 1.15. The molecule has 0 radical (unpaired) electrons. The quantitative estimate of drug-likeness (QED) is 0.273. The van der Waals surface area contributed by atoms with Gasteiger partial charge in [0.2, 0.25) is 0 Å². The molecule has 0 saturated carbocycles. The Morgan fingerprint density at radius 3 is 2.78 bits per heavy atom. The zero-order chi connectivity index (χ0) is 13.7. The first-order chi connectivity index (χ1) is 8.45. The predicted octanol–water partition coefficient (Wildman–Crippen LogP) is 1.33. The number of hydrogen-bond acceptors (Lipinski definition) is 5. The van der Waals surface area contributed by atoms with Crippen LogP contribution in [0.4, 0.5) is 14.5 Å². The van der Waals surface area contributed by atoms with Crippen molar-refractivity contribution < 1.29 is 23.6 Å². The van der Waals surface area contributed by atoms with Crippen molar-refractivity contribution in [2.45, 2.75) is 6.43 Å². The third-order valence-electron chi connectivity index (χ3n) is 1.92. The molecule has 1 aromatic rings. The van der Waals surface area contributed by atoms with Gasteiger partial charge in [0.05, 0.1) is 4.92 Å². The van der Waals surface area contributed by atoms with Gasteiger partial charge >= 0.3 is 5.69 Å². The molecule has 0 bridgehead atoms. The number of amidine groups is 1. The molecule has 0 aromatic heterocycles. The highest BCUT2D eigenvalue weighted by atomic mass is 19.3. The van der Waals surface area contributed by atoms with Gasteiger partial charge in [0.15, 0.2) is 11.6 Å². The van der Waals surface area contributed by atoms with Crippen molar-refractivity contribution in [2.75, 3.05) is 6.61 Å². The molecule has 0 aliphatic carbocycles. The van der Waals surface area contributed by atoms with Gasteiger partial charge in [0.1, 0.15) is 6.61 Å². The Morgan fingerprint density at radius 1 is 1.61 bits per heavy atom. The van der Waals surface area contributed by atoms with Crippen molar-refractivity contribution in [1.29, 1.82) is 0 Å². The Balaban J connectivity index is 3.09. The molecular weight excluding hydrogens is 252 g/mol. The third-order valence-corrected chi connectivity index (χ3v) is 1.92. The van der Waals surface area contributed by atoms with E-state index in [9.17, 15) is 18.9 Å². The number of benzene rings is 1. The molecule has 0 atom stereocenters. The second-order valence-electron chi connectivity index (χ2n) is 3.13. The maximum absolute atomic E-state index is 11.9. The highest BCUT2D eigenvalue weighted by Gasteiger charge is 2.18. The molecule has 1 aromatic carbocycles. The van der Waals surface area contributed by atoms with Crippen LogP contribution in [0.25, 0.3) is 0 Å². The molecule has 0 heterocycles. The van der Waals surface area contributed by atoms with Gasteiger partial charge in [0.25, 0.3) is 6.43 Å². The number of nitrogens with zero attached hydrogens (tertiary/aromatic N) is 2. The van der Waals surface area contributed by atoms with Gasteiger partial charge in [0, 0.05) is 11.6 Å². The molecule has 7 nitrogen and oxygen atoms in total. The molecule has 98 valence electrons. The summed E-state index contributed by atoms with van der Waals surface area (Å²) in [4.78, 5) is 9.91. The van der Waals surface area contributed by atoms with Crippen LogP contribution < -0.4 is 10.5 Å². The van der Waals surface area contributed by atoms with E-state index in [2.05, 4.69) is 9.89 Å². The summed E-state index contributed by atoms with van der Waals surface area (Å²) in [6, 6.07) is 3.33. The maximum atomic E-state index is 11.9. The van der Waals surface area contributed by atoms with E-state index in [1.54, 1.807) is 0 Å². The Labute approximate surface area is 99.6 Å². The van der Waals surface area contributed by atoms with E-state index < -0.39 is 23.6 Å². The van der Waals surface area contributed by atoms with E-state index in [4.69, 9.17) is 10.9 Å². The van der Waals surface area contributed by atoms with E-state index in [-0.39, 0.29) is 17.1 Å². The molecule has 0 saturated heterocycles. The summed E-state index contributed by atoms with van der Waals surface area (Å²) in [5.74, 6) is -0.645. The smallest absolute Gasteiger partial charge is 0.311 e. The molecule has 9 heteroatoms. The second-order valence-corrected chi connectivity index (χ2v) is 3.13. The molecule has 1 rings (SSSR count). The minimum atomic E-state index is -2.74. The van der Waals surface area contributed by atoms with Crippen molar-refractivity contribution in [2.24, 2.45) is 10.9 Å². The van der Waals surface area contributed by atoms with Crippen molar-refractivity contribution in [3.05, 3.63) is 33.9 Å². The number of nitro benzene ring substituents is 1. The van der Waals surface area contributed by atoms with Gasteiger partial charge < -0.3 is 15.7 Å². The van der Waals surface area contributed by atoms with Crippen LogP contribution in [0.5, 0.6) is 5.75 Å². The summed E-state index contributed by atoms with van der Waals surface area (Å²) < 4.78 is 28.5. The topological polar surface area (TPSA) is 111 Å². The summed E-state index contributed by atoms with van der Waals surface area (Å²) >= 11 is 0. The second kappa shape index (κ2) is 5.75. The standard InChI is InChI=1S/C9H9F2N3O4/c10-8(11)4-18-7-2-1-5(9(12)13-15)3-6(7)14(16)17/h1-3,8,15H,4H2,(H2,12,13). The number of halogens is 2. The molecule has 0 spiro atoms. The number of hydrogen-bond donors (Lipinski definition) is 2. The Hall–Kier alpha value is -2.45. The number of oxime groups is 1. The van der Waals surface area contributed by atoms with E-state index in [1.807, 2.05) is 0 Å². The van der Waals surface area contributed by atoms with Gasteiger partial charge in [-0.25, -0.2) is 8.78 Å². The van der Waals surface area contributed by atoms with Crippen LogP contribution in [0.15, 0.2) is 23.4 Å². The van der Waals surface area contributed by atoms with Crippen LogP contribution in [-0.2, 0) is 0 Å². The van der Waals surface area contributed by atoms with Crippen LogP contribution >= 0.6 is 0 Å². The lowest BCUT2D eigenvalue weighted by atomic mass is 10.1. The fourth-order valence-electron chi connectivity index (χ4n) is 1.15. The number of nitro groups is 1. The molecule has 18 heavy (non-hydrogen) atoms. The highest BCUT2D eigenvalue weighted by Crippen LogP contribution is 2.28. The van der Waals surface area contributed by atoms with Gasteiger partial charge in [-0.15, -0.1) is 0 Å². The maximum Gasteiger partial charge on any atom is 0.311 e. The first-order valence-corrected chi connectivity index (χ1v) is 4.63. The van der Waals surface area contributed by atoms with Gasteiger partial charge in [-0.3, -0.25) is 10.1 Å². The molecular formula is C9H9F2N3O4. The number of alkyl halides is 2. The molecule has 3 N–H and O–H groups in total. The molecule has 0 aliphatic heterocycles. The third kappa shape index (κ3) is 3.27. The SMILES string of the molecule is NC(=NO)c1ccc(OCC(F)F)c([N+](=O)[O-])c1. The largest absolute Gasteiger partial charge is 0.481 e. The van der Waals surface area contributed by atoms with E-state index in [1.165, 1.54) is 6.07 Å². The number of ether oxygens (including phenoxy) is 1. The van der Waals surface area contributed by atoms with Crippen molar-refractivity contribution in [3.8, 4) is 5.75 Å². The van der Waals surface area contributed by atoms with Gasteiger partial charge in [-0.05, 0) is 12.1 Å². The number of nitrogens with two attached hydrogens (primary N) is 1. The summed E-state index contributed by atoms with van der Waals surface area (Å²) in [6.07, 6.45) is -2.74. The Bertz CT molecular complexity index is 479. The van der Waals surface area contributed by atoms with Gasteiger partial charge in [-0.1, -0.05) is 5.16 Å². The predicted molar refractivity (Wildman–Crippen MR) is 57.1 cm³/mol. The van der Waals surface area contributed by atoms with Gasteiger partial charge in [-0.2, -0.15) is 0 Å². The lowest BCUT2D eigenvalue weighted by Gasteiger charge is -2.07. The zero-order valence-corrected chi connectivity index (χ0v) is 8.92. The molecule has 0 amide bonds. The van der Waals surface area contributed by atoms with Crippen LogP contribution in [0.2, 0.25) is 0 Å². The summed E-state index contributed by atoms with van der Waals surface area (Å²) in [7, 11) is 0. The summed E-state index contributed by atoms with van der Waals surface area (Å²) in [6.45, 7) is -0.955. The monoisotopic (exact) mass is 261 g/mol. The first kappa shape index (κ1) is 13.6. The molecule has 0 unspecified atom stereocenters. The van der Waals surface area contributed by atoms with E-state index >= 15 is 0 Å². The van der Waals surface area contributed by atoms with Crippen molar-refractivity contribution in [3.63, 3.8) is 0 Å². The minimum Gasteiger partial charge on any atom is -0.481 e.